The Balaban J connectivity index is 1.55. The summed E-state index contributed by atoms with van der Waals surface area (Å²) in [5.74, 6) is 0.398. The van der Waals surface area contributed by atoms with E-state index in [2.05, 4.69) is 15.3 Å². The van der Waals surface area contributed by atoms with Crippen molar-refractivity contribution < 1.29 is 9.53 Å². The summed E-state index contributed by atoms with van der Waals surface area (Å²) in [7, 11) is 1.56. The van der Waals surface area contributed by atoms with Crippen molar-refractivity contribution in [2.24, 2.45) is 0 Å². The Morgan fingerprint density at radius 1 is 1.25 bits per heavy atom. The number of methoxy groups -OCH3 is 1. The highest BCUT2D eigenvalue weighted by Gasteiger charge is 2.09. The molecule has 0 radical (unpaired) electrons. The normalized spacial score (nSPS) is 10.4. The van der Waals surface area contributed by atoms with Crippen LogP contribution in [0.15, 0.2) is 54.0 Å². The number of benzene rings is 1. The second-order valence-electron chi connectivity index (χ2n) is 5.10. The lowest BCUT2D eigenvalue weighted by Gasteiger charge is -2.05. The van der Waals surface area contributed by atoms with Gasteiger partial charge in [0.25, 0.3) is 5.91 Å². The second-order valence-corrected chi connectivity index (χ2v) is 5.95. The van der Waals surface area contributed by atoms with E-state index in [9.17, 15) is 4.79 Å². The Hall–Kier alpha value is -2.73. The third kappa shape index (κ3) is 3.97. The Morgan fingerprint density at radius 2 is 2.08 bits per heavy atom. The van der Waals surface area contributed by atoms with Crippen LogP contribution in [0.1, 0.15) is 16.2 Å². The van der Waals surface area contributed by atoms with Crippen LogP contribution < -0.4 is 10.1 Å². The molecule has 0 aliphatic rings. The topological polar surface area (TPSA) is 64.1 Å². The molecule has 0 atom stereocenters. The number of aromatic nitrogens is 2. The Kier molecular flexibility index (Phi) is 5.18. The van der Waals surface area contributed by atoms with Gasteiger partial charge in [0.1, 0.15) is 16.5 Å². The first-order valence-corrected chi connectivity index (χ1v) is 8.42. The van der Waals surface area contributed by atoms with Crippen LogP contribution in [-0.4, -0.2) is 29.5 Å². The molecule has 0 unspecified atom stereocenters. The van der Waals surface area contributed by atoms with Crippen LogP contribution >= 0.6 is 11.3 Å². The molecule has 3 rings (SSSR count). The number of amides is 1. The van der Waals surface area contributed by atoms with E-state index in [1.54, 1.807) is 36.8 Å². The van der Waals surface area contributed by atoms with Crippen molar-refractivity contribution in [1.82, 2.24) is 15.3 Å². The first-order valence-electron chi connectivity index (χ1n) is 7.54. The molecule has 0 saturated heterocycles. The second kappa shape index (κ2) is 7.70. The zero-order valence-corrected chi connectivity index (χ0v) is 14.0. The number of carbonyl (C=O) groups is 1. The van der Waals surface area contributed by atoms with Crippen LogP contribution in [0.4, 0.5) is 0 Å². The summed E-state index contributed by atoms with van der Waals surface area (Å²) < 4.78 is 5.09. The fourth-order valence-corrected chi connectivity index (χ4v) is 3.05. The number of hydrogen-bond acceptors (Lipinski definition) is 5. The van der Waals surface area contributed by atoms with E-state index >= 15 is 0 Å². The quantitative estimate of drug-likeness (QED) is 0.749. The summed E-state index contributed by atoms with van der Waals surface area (Å²) in [6.07, 6.45) is 2.24. The molecule has 1 aromatic carbocycles. The molecule has 6 heteroatoms. The number of rotatable bonds is 6. The van der Waals surface area contributed by atoms with E-state index in [-0.39, 0.29) is 5.91 Å². The number of hydrogen-bond donors (Lipinski definition) is 1. The van der Waals surface area contributed by atoms with Crippen molar-refractivity contribution in [3.63, 3.8) is 0 Å². The molecule has 0 aliphatic heterocycles. The van der Waals surface area contributed by atoms with Gasteiger partial charge < -0.3 is 10.1 Å². The first-order chi connectivity index (χ1) is 11.8. The van der Waals surface area contributed by atoms with Crippen molar-refractivity contribution in [3.05, 3.63) is 65.4 Å². The minimum absolute atomic E-state index is 0.215. The zero-order valence-electron chi connectivity index (χ0n) is 13.2. The fraction of sp³-hybridized carbons (Fsp3) is 0.167. The van der Waals surface area contributed by atoms with Gasteiger partial charge in [-0.2, -0.15) is 0 Å². The molecular formula is C18H17N3O2S. The Bertz CT molecular complexity index is 818. The molecule has 0 spiro atoms. The van der Waals surface area contributed by atoms with Gasteiger partial charge in [-0.25, -0.2) is 4.98 Å². The summed E-state index contributed by atoms with van der Waals surface area (Å²) in [4.78, 5) is 20.7. The number of nitrogens with zero attached hydrogens (tertiary/aromatic N) is 2. The molecule has 3 aromatic rings. The number of pyridine rings is 1. The molecule has 0 aliphatic carbocycles. The lowest BCUT2D eigenvalue weighted by Crippen LogP contribution is -2.26. The Labute approximate surface area is 144 Å². The molecule has 0 fully saturated rings. The standard InChI is InChI=1S/C18H17N3O2S/c1-23-15-8-10-19-16(11-15)17(22)20-9-7-14-12-24-18(21-14)13-5-3-2-4-6-13/h2-6,8,10-12H,7,9H2,1H3,(H,20,22). The lowest BCUT2D eigenvalue weighted by molar-refractivity contribution is 0.0948. The molecule has 2 aromatic heterocycles. The van der Waals surface area contributed by atoms with Crippen molar-refractivity contribution in [1.29, 1.82) is 0 Å². The zero-order chi connectivity index (χ0) is 16.8. The van der Waals surface area contributed by atoms with Gasteiger partial charge in [0.2, 0.25) is 0 Å². The molecule has 1 N–H and O–H groups in total. The van der Waals surface area contributed by atoms with E-state index in [1.165, 1.54) is 0 Å². The fourth-order valence-electron chi connectivity index (χ4n) is 2.19. The van der Waals surface area contributed by atoms with E-state index in [4.69, 9.17) is 4.74 Å². The summed E-state index contributed by atoms with van der Waals surface area (Å²) in [5.41, 5.74) is 2.42. The van der Waals surface area contributed by atoms with Gasteiger partial charge in [-0.15, -0.1) is 11.3 Å². The van der Waals surface area contributed by atoms with Crippen LogP contribution in [0, 0.1) is 0 Å². The molecular weight excluding hydrogens is 322 g/mol. The van der Waals surface area contributed by atoms with Gasteiger partial charge in [-0.1, -0.05) is 30.3 Å². The van der Waals surface area contributed by atoms with Crippen LogP contribution in [0.25, 0.3) is 10.6 Å². The third-order valence-electron chi connectivity index (χ3n) is 3.44. The minimum Gasteiger partial charge on any atom is -0.497 e. The predicted octanol–water partition coefficient (Wildman–Crippen LogP) is 3.19. The molecule has 0 bridgehead atoms. The van der Waals surface area contributed by atoms with Crippen molar-refractivity contribution >= 4 is 17.2 Å². The van der Waals surface area contributed by atoms with Gasteiger partial charge in [0, 0.05) is 36.2 Å². The maximum atomic E-state index is 12.1. The van der Waals surface area contributed by atoms with E-state index in [0.717, 1.165) is 16.3 Å². The number of carbonyl (C=O) groups excluding carboxylic acids is 1. The molecule has 122 valence electrons. The van der Waals surface area contributed by atoms with E-state index < -0.39 is 0 Å². The van der Waals surface area contributed by atoms with Gasteiger partial charge >= 0.3 is 0 Å². The van der Waals surface area contributed by atoms with E-state index in [1.807, 2.05) is 35.7 Å². The highest BCUT2D eigenvalue weighted by molar-refractivity contribution is 7.13. The van der Waals surface area contributed by atoms with Crippen LogP contribution in [-0.2, 0) is 6.42 Å². The maximum absolute atomic E-state index is 12.1. The van der Waals surface area contributed by atoms with Crippen LogP contribution in [0.5, 0.6) is 5.75 Å². The molecule has 1 amide bonds. The minimum atomic E-state index is -0.215. The Morgan fingerprint density at radius 3 is 2.88 bits per heavy atom. The van der Waals surface area contributed by atoms with Crippen LogP contribution in [0.2, 0.25) is 0 Å². The van der Waals surface area contributed by atoms with Gasteiger partial charge in [-0.05, 0) is 6.07 Å². The highest BCUT2D eigenvalue weighted by Crippen LogP contribution is 2.23. The lowest BCUT2D eigenvalue weighted by atomic mass is 10.2. The molecule has 0 saturated carbocycles. The van der Waals surface area contributed by atoms with Gasteiger partial charge in [-0.3, -0.25) is 9.78 Å². The summed E-state index contributed by atoms with van der Waals surface area (Å²) in [5, 5.41) is 5.87. The summed E-state index contributed by atoms with van der Waals surface area (Å²) in [6.45, 7) is 0.510. The smallest absolute Gasteiger partial charge is 0.270 e. The van der Waals surface area contributed by atoms with E-state index in [0.29, 0.717) is 24.4 Å². The highest BCUT2D eigenvalue weighted by atomic mass is 32.1. The SMILES string of the molecule is COc1ccnc(C(=O)NCCc2csc(-c3ccccc3)n2)c1. The van der Waals surface area contributed by atoms with Crippen LogP contribution in [0.3, 0.4) is 0 Å². The third-order valence-corrected chi connectivity index (χ3v) is 4.38. The monoisotopic (exact) mass is 339 g/mol. The molecule has 5 nitrogen and oxygen atoms in total. The van der Waals surface area contributed by atoms with Gasteiger partial charge in [0.15, 0.2) is 0 Å². The average molecular weight is 339 g/mol. The van der Waals surface area contributed by atoms with Gasteiger partial charge in [0.05, 0.1) is 12.8 Å². The number of nitrogens with one attached hydrogen (secondary N) is 1. The number of ether oxygens (including phenoxy) is 1. The largest absolute Gasteiger partial charge is 0.497 e. The molecule has 2 heterocycles. The number of thiazole rings is 1. The maximum Gasteiger partial charge on any atom is 0.270 e. The van der Waals surface area contributed by atoms with Crippen molar-refractivity contribution in [2.75, 3.05) is 13.7 Å². The van der Waals surface area contributed by atoms with Crippen molar-refractivity contribution in [3.8, 4) is 16.3 Å². The summed E-state index contributed by atoms with van der Waals surface area (Å²) >= 11 is 1.61. The van der Waals surface area contributed by atoms with Crippen molar-refractivity contribution in [2.45, 2.75) is 6.42 Å². The first kappa shape index (κ1) is 16.1. The summed E-state index contributed by atoms with van der Waals surface area (Å²) in [6, 6.07) is 13.4. The molecule has 24 heavy (non-hydrogen) atoms. The predicted molar refractivity (Wildman–Crippen MR) is 94.4 cm³/mol. The average Bonchev–Trinajstić information content (AvgIpc) is 3.11.